The third-order valence-corrected chi connectivity index (χ3v) is 2.33. The molecule has 82 valence electrons. The number of nitrogens with one attached hydrogen (secondary N) is 1. The van der Waals surface area contributed by atoms with Crippen LogP contribution in [0.15, 0.2) is 18.2 Å². The Bertz CT molecular complexity index is 370. The molecule has 0 radical (unpaired) electrons. The zero-order chi connectivity index (χ0) is 11.4. The van der Waals surface area contributed by atoms with Crippen molar-refractivity contribution in [2.45, 2.75) is 19.5 Å². The number of carbonyl (C=O) groups is 1. The minimum Gasteiger partial charge on any atom is -0.368 e. The molecule has 0 aliphatic heterocycles. The summed E-state index contributed by atoms with van der Waals surface area (Å²) >= 11 is 5.52. The number of primary amides is 1. The van der Waals surface area contributed by atoms with Crippen molar-refractivity contribution in [1.82, 2.24) is 5.32 Å². The summed E-state index contributed by atoms with van der Waals surface area (Å²) in [7, 11) is 0. The lowest BCUT2D eigenvalue weighted by atomic mass is 10.2. The second kappa shape index (κ2) is 5.09. The third-order valence-electron chi connectivity index (χ3n) is 2.02. The maximum atomic E-state index is 13.0. The van der Waals surface area contributed by atoms with Gasteiger partial charge in [0.1, 0.15) is 5.82 Å². The van der Waals surface area contributed by atoms with Gasteiger partial charge in [0.2, 0.25) is 5.91 Å². The van der Waals surface area contributed by atoms with Gasteiger partial charge in [0.05, 0.1) is 11.1 Å². The van der Waals surface area contributed by atoms with Crippen molar-refractivity contribution < 1.29 is 9.18 Å². The van der Waals surface area contributed by atoms with Crippen LogP contribution in [0.25, 0.3) is 0 Å². The molecule has 1 rings (SSSR count). The molecule has 0 saturated carbocycles. The summed E-state index contributed by atoms with van der Waals surface area (Å²) in [5, 5.41) is 2.95. The van der Waals surface area contributed by atoms with Gasteiger partial charge in [-0.2, -0.15) is 0 Å². The fourth-order valence-electron chi connectivity index (χ4n) is 1.02. The van der Waals surface area contributed by atoms with Crippen molar-refractivity contribution in [2.75, 3.05) is 0 Å². The lowest BCUT2D eigenvalue weighted by molar-refractivity contribution is -0.119. The van der Waals surface area contributed by atoms with E-state index in [4.69, 9.17) is 17.3 Å². The molecule has 0 fully saturated rings. The first kappa shape index (κ1) is 11.9. The van der Waals surface area contributed by atoms with Crippen LogP contribution in [0, 0.1) is 5.82 Å². The Labute approximate surface area is 92.4 Å². The maximum absolute atomic E-state index is 13.0. The summed E-state index contributed by atoms with van der Waals surface area (Å²) in [5.41, 5.74) is 5.77. The number of halogens is 2. The van der Waals surface area contributed by atoms with E-state index in [1.54, 1.807) is 13.0 Å². The van der Waals surface area contributed by atoms with Crippen LogP contribution in [0.3, 0.4) is 0 Å². The molecule has 3 nitrogen and oxygen atoms in total. The molecule has 15 heavy (non-hydrogen) atoms. The Balaban J connectivity index is 2.58. The van der Waals surface area contributed by atoms with Crippen LogP contribution >= 0.6 is 11.6 Å². The van der Waals surface area contributed by atoms with E-state index in [0.717, 1.165) is 0 Å². The Morgan fingerprint density at radius 3 is 2.87 bits per heavy atom. The van der Waals surface area contributed by atoms with E-state index >= 15 is 0 Å². The van der Waals surface area contributed by atoms with Crippen LogP contribution in [0.5, 0.6) is 0 Å². The summed E-state index contributed by atoms with van der Waals surface area (Å²) in [6.07, 6.45) is 0. The van der Waals surface area contributed by atoms with Gasteiger partial charge in [0.15, 0.2) is 0 Å². The third kappa shape index (κ3) is 3.49. The first-order valence-corrected chi connectivity index (χ1v) is 4.85. The summed E-state index contributed by atoms with van der Waals surface area (Å²) < 4.78 is 13.0. The van der Waals surface area contributed by atoms with Crippen molar-refractivity contribution in [3.8, 4) is 0 Å². The Kier molecular flexibility index (Phi) is 4.05. The molecule has 1 aromatic rings. The first-order valence-electron chi connectivity index (χ1n) is 4.47. The second-order valence-electron chi connectivity index (χ2n) is 3.25. The molecule has 5 heteroatoms. The highest BCUT2D eigenvalue weighted by molar-refractivity contribution is 6.30. The van der Waals surface area contributed by atoms with Crippen LogP contribution in [0.2, 0.25) is 5.02 Å². The summed E-state index contributed by atoms with van der Waals surface area (Å²) in [6.45, 7) is 2.02. The number of amides is 1. The number of benzene rings is 1. The van der Waals surface area contributed by atoms with Gasteiger partial charge < -0.3 is 11.1 Å². The van der Waals surface area contributed by atoms with Crippen molar-refractivity contribution in [3.05, 3.63) is 34.6 Å². The minimum atomic E-state index is -0.470. The molecule has 3 N–H and O–H groups in total. The van der Waals surface area contributed by atoms with Crippen molar-refractivity contribution in [1.29, 1.82) is 0 Å². The summed E-state index contributed by atoms with van der Waals surface area (Å²) in [4.78, 5) is 10.7. The molecule has 1 amide bonds. The molecular weight excluding hydrogens is 219 g/mol. The van der Waals surface area contributed by atoms with Gasteiger partial charge in [0.25, 0.3) is 0 Å². The van der Waals surface area contributed by atoms with Gasteiger partial charge in [-0.1, -0.05) is 17.7 Å². The second-order valence-corrected chi connectivity index (χ2v) is 3.66. The molecule has 0 aliphatic rings. The Morgan fingerprint density at radius 2 is 2.33 bits per heavy atom. The predicted molar refractivity (Wildman–Crippen MR) is 56.9 cm³/mol. The lowest BCUT2D eigenvalue weighted by Gasteiger charge is -2.09. The predicted octanol–water partition coefficient (Wildman–Crippen LogP) is 1.44. The van der Waals surface area contributed by atoms with Crippen LogP contribution in [0.1, 0.15) is 12.5 Å². The molecule has 0 spiro atoms. The number of rotatable bonds is 4. The van der Waals surface area contributed by atoms with Gasteiger partial charge in [-0.05, 0) is 24.6 Å². The molecule has 0 saturated heterocycles. The van der Waals surface area contributed by atoms with Crippen LogP contribution in [-0.4, -0.2) is 11.9 Å². The van der Waals surface area contributed by atoms with E-state index in [9.17, 15) is 9.18 Å². The zero-order valence-corrected chi connectivity index (χ0v) is 9.01. The van der Waals surface area contributed by atoms with Gasteiger partial charge in [0, 0.05) is 6.54 Å². The van der Waals surface area contributed by atoms with E-state index in [0.29, 0.717) is 12.1 Å². The Morgan fingerprint density at radius 1 is 1.67 bits per heavy atom. The van der Waals surface area contributed by atoms with E-state index < -0.39 is 17.8 Å². The van der Waals surface area contributed by atoms with Gasteiger partial charge >= 0.3 is 0 Å². The fraction of sp³-hybridized carbons (Fsp3) is 0.300. The fourth-order valence-corrected chi connectivity index (χ4v) is 1.14. The average Bonchev–Trinajstić information content (AvgIpc) is 2.19. The first-order chi connectivity index (χ1) is 7.00. The average molecular weight is 231 g/mol. The molecule has 0 bridgehead atoms. The Hall–Kier alpha value is -1.13. The molecule has 0 heterocycles. The van der Waals surface area contributed by atoms with Gasteiger partial charge in [-0.3, -0.25) is 4.79 Å². The molecule has 1 unspecified atom stereocenters. The smallest absolute Gasteiger partial charge is 0.234 e. The largest absolute Gasteiger partial charge is 0.368 e. The SMILES string of the molecule is CC(NCc1ccc(Cl)c(F)c1)C(N)=O. The van der Waals surface area contributed by atoms with Crippen LogP contribution < -0.4 is 11.1 Å². The summed E-state index contributed by atoms with van der Waals surface area (Å²) in [6, 6.07) is 4.04. The molecule has 0 aliphatic carbocycles. The molecule has 0 aromatic heterocycles. The number of carbonyl (C=O) groups excluding carboxylic acids is 1. The zero-order valence-electron chi connectivity index (χ0n) is 8.26. The van der Waals surface area contributed by atoms with Gasteiger partial charge in [-0.15, -0.1) is 0 Å². The molecule has 1 atom stereocenters. The highest BCUT2D eigenvalue weighted by atomic mass is 35.5. The van der Waals surface area contributed by atoms with Crippen LogP contribution in [-0.2, 0) is 11.3 Å². The number of nitrogens with two attached hydrogens (primary N) is 1. The highest BCUT2D eigenvalue weighted by Crippen LogP contribution is 2.15. The standard InChI is InChI=1S/C10H12ClFN2O/c1-6(10(13)15)14-5-7-2-3-8(11)9(12)4-7/h2-4,6,14H,5H2,1H3,(H2,13,15). The lowest BCUT2D eigenvalue weighted by Crippen LogP contribution is -2.38. The van der Waals surface area contributed by atoms with E-state index in [1.165, 1.54) is 12.1 Å². The van der Waals surface area contributed by atoms with Crippen molar-refractivity contribution >= 4 is 17.5 Å². The number of hydrogen-bond donors (Lipinski definition) is 2. The highest BCUT2D eigenvalue weighted by Gasteiger charge is 2.07. The van der Waals surface area contributed by atoms with Gasteiger partial charge in [-0.25, -0.2) is 4.39 Å². The minimum absolute atomic E-state index is 0.0849. The normalized spacial score (nSPS) is 12.5. The summed E-state index contributed by atoms with van der Waals surface area (Å²) in [5.74, 6) is -0.910. The van der Waals surface area contributed by atoms with E-state index in [1.807, 2.05) is 0 Å². The van der Waals surface area contributed by atoms with Crippen molar-refractivity contribution in [3.63, 3.8) is 0 Å². The topological polar surface area (TPSA) is 55.1 Å². The number of hydrogen-bond acceptors (Lipinski definition) is 2. The van der Waals surface area contributed by atoms with Crippen molar-refractivity contribution in [2.24, 2.45) is 5.73 Å². The molecular formula is C10H12ClFN2O. The van der Waals surface area contributed by atoms with E-state index in [-0.39, 0.29) is 5.02 Å². The monoisotopic (exact) mass is 230 g/mol. The van der Waals surface area contributed by atoms with E-state index in [2.05, 4.69) is 5.32 Å². The molecule has 1 aromatic carbocycles. The maximum Gasteiger partial charge on any atom is 0.234 e. The van der Waals surface area contributed by atoms with Crippen LogP contribution in [0.4, 0.5) is 4.39 Å². The quantitative estimate of drug-likeness (QED) is 0.823.